The second-order valence-corrected chi connectivity index (χ2v) is 28.3. The molecule has 1 aromatic rings. The Balaban J connectivity index is 2.48. The average Bonchev–Trinajstić information content (AvgIpc) is 1.78. The normalized spacial score (nSPS) is 16.1. The molecule has 0 radical (unpaired) electrons. The number of nitrogens with zero attached hydrogens (tertiary/aromatic N) is 1. The number of amides is 13. The van der Waals surface area contributed by atoms with Crippen LogP contribution in [-0.4, -0.2) is 275 Å². The van der Waals surface area contributed by atoms with E-state index in [0.29, 0.717) is 18.4 Å². The Labute approximate surface area is 660 Å². The number of carbonyl (C=O) groups excluding carboxylic acids is 13. The predicted molar refractivity (Wildman–Crippen MR) is 398 cm³/mol. The van der Waals surface area contributed by atoms with Crippen LogP contribution >= 0.6 is 0 Å². The van der Waals surface area contributed by atoms with E-state index >= 15 is 0 Å². The summed E-state index contributed by atoms with van der Waals surface area (Å²) >= 11 is 0. The molecule has 0 saturated carbocycles. The highest BCUT2D eigenvalue weighted by molar-refractivity contribution is 6.02. The first-order valence-corrected chi connectivity index (χ1v) is 37.3. The van der Waals surface area contributed by atoms with Crippen molar-refractivity contribution >= 4 is 119 Å². The van der Waals surface area contributed by atoms with Gasteiger partial charge in [-0.3, -0.25) is 91.1 Å². The van der Waals surface area contributed by atoms with Gasteiger partial charge in [-0.15, -0.1) is 0 Å². The standard InChI is InChI=1S/C71H110N16O28/c1-34(2)29-44(63(106)78-41(21-24-51(91)92)61(104)76-39(17-10-12-26-72)60(103)82-45(30-38-15-8-7-9-16-38)64(107)83-47(32-54(97)98)66(109)80-43(71(114)115)18-11-13-27-73)81-58(101)36(5)75-59(102)40(20-23-50(89)90)77-65(108)46(31-53(95)96)84-67(110)48(33-55(99)100)85-69(112)57(35(3)4)86-62(105)42(22-25-52(93)94)79-68(111)49-19-14-28-87(49)70(113)56(74)37(6)88/h7-9,15-16,34-37,39-49,56-57,88H,10-14,17-33,72-74H2,1-6H3,(H,75,102)(H,76,104)(H,77,108)(H,78,106)(H,79,111)(H,80,109)(H,81,101)(H,82,103)(H,83,107)(H,84,110)(H,85,112)(H,86,105)(H,89,90)(H,91,92)(H,93,94)(H,95,96)(H,97,98)(H,99,100)(H,114,115)/t36-,37+,39-,40-,41-,42-,43-,44-,45-,46-,47-,48-,49-,56-,57-/m0/s1. The number of aliphatic hydroxyl groups excluding tert-OH is 1. The number of aliphatic hydroxyl groups is 1. The van der Waals surface area contributed by atoms with E-state index in [1.165, 1.54) is 20.8 Å². The van der Waals surface area contributed by atoms with Crippen LogP contribution in [-0.2, 0) is 102 Å². The third-order valence-electron chi connectivity index (χ3n) is 17.9. The van der Waals surface area contributed by atoms with E-state index in [1.54, 1.807) is 44.2 Å². The molecule has 1 aliphatic rings. The molecule has 13 amide bonds. The molecule has 0 aromatic heterocycles. The Bertz CT molecular complexity index is 3590. The van der Waals surface area contributed by atoms with Crippen molar-refractivity contribution < 1.29 is 137 Å². The molecule has 2 rings (SSSR count). The number of nitrogens with one attached hydrogen (secondary N) is 12. The lowest BCUT2D eigenvalue weighted by atomic mass is 10.0. The van der Waals surface area contributed by atoms with Gasteiger partial charge >= 0.3 is 41.8 Å². The number of carboxylic acids is 7. The first-order valence-electron chi connectivity index (χ1n) is 37.3. The molecule has 0 bridgehead atoms. The number of benzene rings is 1. The molecule has 0 aliphatic carbocycles. The van der Waals surface area contributed by atoms with E-state index in [-0.39, 0.29) is 71.0 Å². The number of likely N-dealkylation sites (tertiary alicyclic amines) is 1. The fraction of sp³-hybridized carbons (Fsp3) is 0.634. The van der Waals surface area contributed by atoms with Crippen LogP contribution < -0.4 is 81.0 Å². The van der Waals surface area contributed by atoms with Gasteiger partial charge in [0.1, 0.15) is 84.6 Å². The fourth-order valence-corrected chi connectivity index (χ4v) is 11.6. The number of rotatable bonds is 55. The minimum Gasteiger partial charge on any atom is -0.481 e. The molecule has 1 heterocycles. The van der Waals surface area contributed by atoms with Gasteiger partial charge in [0.25, 0.3) is 0 Å². The third kappa shape index (κ3) is 36.9. The smallest absolute Gasteiger partial charge is 0.326 e. The van der Waals surface area contributed by atoms with Crippen molar-refractivity contribution in [2.75, 3.05) is 19.6 Å². The fourth-order valence-electron chi connectivity index (χ4n) is 11.6. The first-order chi connectivity index (χ1) is 53.9. The van der Waals surface area contributed by atoms with Crippen LogP contribution in [0.25, 0.3) is 0 Å². The van der Waals surface area contributed by atoms with Gasteiger partial charge in [0.15, 0.2) is 0 Å². The van der Waals surface area contributed by atoms with E-state index in [4.69, 9.17) is 17.2 Å². The summed E-state index contributed by atoms with van der Waals surface area (Å²) in [6.45, 7) is 8.55. The lowest BCUT2D eigenvalue weighted by Crippen LogP contribution is -2.61. The van der Waals surface area contributed by atoms with Crippen molar-refractivity contribution in [3.05, 3.63) is 35.9 Å². The van der Waals surface area contributed by atoms with Crippen LogP contribution in [0.5, 0.6) is 0 Å². The topological polar surface area (TPSA) is 729 Å². The van der Waals surface area contributed by atoms with Crippen molar-refractivity contribution in [3.8, 4) is 0 Å². The summed E-state index contributed by atoms with van der Waals surface area (Å²) in [5.41, 5.74) is 17.5. The van der Waals surface area contributed by atoms with E-state index in [0.717, 1.165) is 11.8 Å². The van der Waals surface area contributed by atoms with Crippen LogP contribution in [0.15, 0.2) is 30.3 Å². The summed E-state index contributed by atoms with van der Waals surface area (Å²) in [5, 5.41) is 105. The molecular weight excluding hydrogens is 1520 g/mol. The SMILES string of the molecule is CC(C)C[C@H](NC(=O)[C@H](C)NC(=O)[C@H](CCC(=O)O)NC(=O)[C@H](CC(=O)O)NC(=O)[C@H](CC(=O)O)NC(=O)[C@@H](NC(=O)[C@H](CCC(=O)O)NC(=O)[C@@H]1CCCN1C(=O)[C@@H](N)[C@@H](C)O)C(C)C)C(=O)N[C@@H](CCC(=O)O)C(=O)N[C@@H](CCCCN)C(=O)N[C@@H](Cc1ccccc1)C(=O)N[C@@H](CC(=O)O)C(=O)N[C@@H](CCCCN)C(=O)O. The van der Waals surface area contributed by atoms with Crippen molar-refractivity contribution in [2.24, 2.45) is 29.0 Å². The Morgan fingerprint density at radius 1 is 0.409 bits per heavy atom. The van der Waals surface area contributed by atoms with Crippen LogP contribution in [0, 0.1) is 11.8 Å². The van der Waals surface area contributed by atoms with Crippen molar-refractivity contribution in [1.29, 1.82) is 0 Å². The van der Waals surface area contributed by atoms with Crippen LogP contribution in [0.4, 0.5) is 0 Å². The van der Waals surface area contributed by atoms with E-state index in [1.807, 2.05) is 5.32 Å². The maximum Gasteiger partial charge on any atom is 0.326 e. The van der Waals surface area contributed by atoms with E-state index < -0.39 is 279 Å². The van der Waals surface area contributed by atoms with Crippen molar-refractivity contribution in [3.63, 3.8) is 0 Å². The zero-order chi connectivity index (χ0) is 87.1. The Morgan fingerprint density at radius 3 is 1.17 bits per heavy atom. The number of carbonyl (C=O) groups is 20. The molecule has 0 unspecified atom stereocenters. The molecule has 15 atom stereocenters. The molecule has 1 aliphatic heterocycles. The molecular formula is C71H110N16O28. The summed E-state index contributed by atoms with van der Waals surface area (Å²) in [6, 6.07) is -16.6. The number of nitrogens with two attached hydrogens (primary N) is 3. The predicted octanol–water partition coefficient (Wildman–Crippen LogP) is -6.17. The van der Waals surface area contributed by atoms with Gasteiger partial charge in [0.2, 0.25) is 76.8 Å². The summed E-state index contributed by atoms with van der Waals surface area (Å²) in [7, 11) is 0. The highest BCUT2D eigenvalue weighted by Gasteiger charge is 2.42. The summed E-state index contributed by atoms with van der Waals surface area (Å²) in [5.74, 6) is -28.0. The molecule has 1 aromatic carbocycles. The summed E-state index contributed by atoms with van der Waals surface area (Å²) in [4.78, 5) is 267. The first kappa shape index (κ1) is 99.5. The second kappa shape index (κ2) is 50.5. The largest absolute Gasteiger partial charge is 0.481 e. The molecule has 115 heavy (non-hydrogen) atoms. The second-order valence-electron chi connectivity index (χ2n) is 28.3. The van der Waals surface area contributed by atoms with Gasteiger partial charge < -0.3 is 127 Å². The molecule has 1 saturated heterocycles. The van der Waals surface area contributed by atoms with Crippen LogP contribution in [0.2, 0.25) is 0 Å². The number of aliphatic carboxylic acids is 7. The van der Waals surface area contributed by atoms with Gasteiger partial charge in [-0.05, 0) is 121 Å². The van der Waals surface area contributed by atoms with Gasteiger partial charge in [-0.25, -0.2) is 4.79 Å². The minimum atomic E-state index is -2.28. The molecule has 642 valence electrons. The van der Waals surface area contributed by atoms with Gasteiger partial charge in [-0.2, -0.15) is 0 Å². The van der Waals surface area contributed by atoms with Gasteiger partial charge in [0.05, 0.1) is 25.4 Å². The maximum atomic E-state index is 14.4. The number of carboxylic acid groups (broad SMARTS) is 7. The van der Waals surface area contributed by atoms with Crippen LogP contribution in [0.1, 0.15) is 163 Å². The molecule has 44 nitrogen and oxygen atoms in total. The van der Waals surface area contributed by atoms with Gasteiger partial charge in [0, 0.05) is 32.2 Å². The highest BCUT2D eigenvalue weighted by atomic mass is 16.4. The lowest BCUT2D eigenvalue weighted by molar-refractivity contribution is -0.144. The minimum absolute atomic E-state index is 0.0310. The Hall–Kier alpha value is -11.5. The molecule has 44 heteroatoms. The Morgan fingerprint density at radius 2 is 0.765 bits per heavy atom. The van der Waals surface area contributed by atoms with E-state index in [9.17, 15) is 137 Å². The zero-order valence-corrected chi connectivity index (χ0v) is 64.7. The average molecular weight is 1640 g/mol. The molecule has 1 fully saturated rings. The maximum absolute atomic E-state index is 14.4. The molecule has 26 N–H and O–H groups in total. The Kier molecular flexibility index (Phi) is 43.7. The van der Waals surface area contributed by atoms with Crippen molar-refractivity contribution in [2.45, 2.75) is 254 Å². The highest BCUT2D eigenvalue weighted by Crippen LogP contribution is 2.21. The lowest BCUT2D eigenvalue weighted by Gasteiger charge is -2.30. The third-order valence-corrected chi connectivity index (χ3v) is 17.9. The zero-order valence-electron chi connectivity index (χ0n) is 64.7. The monoisotopic (exact) mass is 1630 g/mol. The summed E-state index contributed by atoms with van der Waals surface area (Å²) in [6.07, 6.45) is -8.99. The summed E-state index contributed by atoms with van der Waals surface area (Å²) < 4.78 is 0. The van der Waals surface area contributed by atoms with Gasteiger partial charge in [-0.1, -0.05) is 58.0 Å². The van der Waals surface area contributed by atoms with E-state index in [2.05, 4.69) is 58.5 Å². The molecule has 0 spiro atoms. The number of hydrogen-bond acceptors (Lipinski definition) is 24. The number of hydrogen-bond donors (Lipinski definition) is 23. The quantitative estimate of drug-likeness (QED) is 0.0270. The number of unbranched alkanes of at least 4 members (excludes halogenated alkanes) is 2. The van der Waals surface area contributed by atoms with Crippen molar-refractivity contribution in [1.82, 2.24) is 68.7 Å². The van der Waals surface area contributed by atoms with Crippen LogP contribution in [0.3, 0.4) is 0 Å².